The van der Waals surface area contributed by atoms with Gasteiger partial charge in [-0.15, -0.1) is 10.2 Å². The van der Waals surface area contributed by atoms with Crippen LogP contribution in [0.2, 0.25) is 0 Å². The van der Waals surface area contributed by atoms with Crippen molar-refractivity contribution >= 4 is 23.5 Å². The Kier molecular flexibility index (Phi) is 6.37. The van der Waals surface area contributed by atoms with Gasteiger partial charge in [-0.05, 0) is 24.6 Å². The molecule has 0 aliphatic heterocycles. The quantitative estimate of drug-likeness (QED) is 0.410. The highest BCUT2D eigenvalue weighted by Gasteiger charge is 2.22. The lowest BCUT2D eigenvalue weighted by molar-refractivity contribution is -0.113. The molecule has 8 heteroatoms. The molecule has 170 valence electrons. The molecule has 0 unspecified atom stereocenters. The summed E-state index contributed by atoms with van der Waals surface area (Å²) < 4.78 is 3.70. The van der Waals surface area contributed by atoms with Crippen molar-refractivity contribution in [2.24, 2.45) is 7.05 Å². The fraction of sp³-hybridized carbons (Fsp3) is 0.280. The van der Waals surface area contributed by atoms with E-state index in [-0.39, 0.29) is 17.1 Å². The minimum atomic E-state index is -0.140. The SMILES string of the molecule is Cc1ccccc1-c1nnc(SCC(=O)Nc2cc(C(C)(C)C)nn2-c2ccccc2)n1C. The molecule has 2 aromatic heterocycles. The first-order chi connectivity index (χ1) is 15.7. The number of hydrogen-bond donors (Lipinski definition) is 1. The van der Waals surface area contributed by atoms with Gasteiger partial charge in [-0.1, -0.05) is 75.0 Å². The minimum Gasteiger partial charge on any atom is -0.310 e. The molecule has 0 atom stereocenters. The zero-order chi connectivity index (χ0) is 23.6. The molecule has 1 N–H and O–H groups in total. The van der Waals surface area contributed by atoms with Crippen LogP contribution in [0.15, 0.2) is 65.8 Å². The van der Waals surface area contributed by atoms with Crippen LogP contribution in [0, 0.1) is 6.92 Å². The number of aryl methyl sites for hydroxylation is 1. The van der Waals surface area contributed by atoms with Crippen LogP contribution in [0.4, 0.5) is 5.82 Å². The molecule has 4 rings (SSSR count). The van der Waals surface area contributed by atoms with Crippen molar-refractivity contribution in [1.29, 1.82) is 0 Å². The highest BCUT2D eigenvalue weighted by atomic mass is 32.2. The number of thioether (sulfide) groups is 1. The fourth-order valence-electron chi connectivity index (χ4n) is 3.41. The van der Waals surface area contributed by atoms with Crippen LogP contribution in [0.5, 0.6) is 0 Å². The predicted molar refractivity (Wildman–Crippen MR) is 133 cm³/mol. The summed E-state index contributed by atoms with van der Waals surface area (Å²) in [6, 6.07) is 19.8. The third-order valence-electron chi connectivity index (χ3n) is 5.30. The maximum Gasteiger partial charge on any atom is 0.236 e. The first-order valence-corrected chi connectivity index (χ1v) is 11.8. The van der Waals surface area contributed by atoms with E-state index in [2.05, 4.69) is 36.3 Å². The van der Waals surface area contributed by atoms with E-state index in [9.17, 15) is 4.79 Å². The largest absolute Gasteiger partial charge is 0.310 e. The second-order valence-electron chi connectivity index (χ2n) is 8.93. The van der Waals surface area contributed by atoms with E-state index in [1.807, 2.05) is 79.2 Å². The normalized spacial score (nSPS) is 11.5. The molecule has 4 aromatic rings. The summed E-state index contributed by atoms with van der Waals surface area (Å²) >= 11 is 1.36. The number of amides is 1. The van der Waals surface area contributed by atoms with Crippen molar-refractivity contribution in [3.05, 3.63) is 71.9 Å². The number of nitrogens with one attached hydrogen (secondary N) is 1. The molecule has 0 radical (unpaired) electrons. The van der Waals surface area contributed by atoms with Gasteiger partial charge < -0.3 is 9.88 Å². The molecule has 0 spiro atoms. The minimum absolute atomic E-state index is 0.127. The summed E-state index contributed by atoms with van der Waals surface area (Å²) in [5.74, 6) is 1.52. The maximum atomic E-state index is 12.8. The number of aromatic nitrogens is 5. The van der Waals surface area contributed by atoms with Crippen molar-refractivity contribution in [2.75, 3.05) is 11.1 Å². The number of benzene rings is 2. The van der Waals surface area contributed by atoms with Gasteiger partial charge in [0.15, 0.2) is 11.0 Å². The topological polar surface area (TPSA) is 77.6 Å². The van der Waals surface area contributed by atoms with Crippen molar-refractivity contribution in [1.82, 2.24) is 24.5 Å². The Labute approximate surface area is 198 Å². The van der Waals surface area contributed by atoms with Crippen LogP contribution < -0.4 is 5.32 Å². The highest BCUT2D eigenvalue weighted by Crippen LogP contribution is 2.27. The number of hydrogen-bond acceptors (Lipinski definition) is 5. The van der Waals surface area contributed by atoms with Gasteiger partial charge in [0.25, 0.3) is 0 Å². The van der Waals surface area contributed by atoms with Crippen LogP contribution >= 0.6 is 11.8 Å². The number of carbonyl (C=O) groups is 1. The molecule has 33 heavy (non-hydrogen) atoms. The lowest BCUT2D eigenvalue weighted by Gasteiger charge is -2.14. The Bertz CT molecular complexity index is 1270. The Morgan fingerprint density at radius 2 is 1.73 bits per heavy atom. The average molecular weight is 461 g/mol. The van der Waals surface area contributed by atoms with Crippen molar-refractivity contribution in [2.45, 2.75) is 38.3 Å². The van der Waals surface area contributed by atoms with E-state index in [0.717, 1.165) is 28.3 Å². The second-order valence-corrected chi connectivity index (χ2v) is 9.87. The van der Waals surface area contributed by atoms with Crippen molar-refractivity contribution in [3.63, 3.8) is 0 Å². The Balaban J connectivity index is 1.50. The summed E-state index contributed by atoms with van der Waals surface area (Å²) in [4.78, 5) is 12.8. The molecule has 0 bridgehead atoms. The monoisotopic (exact) mass is 460 g/mol. The first-order valence-electron chi connectivity index (χ1n) is 10.8. The zero-order valence-corrected chi connectivity index (χ0v) is 20.3. The highest BCUT2D eigenvalue weighted by molar-refractivity contribution is 7.99. The molecule has 7 nitrogen and oxygen atoms in total. The number of rotatable bonds is 6. The molecule has 0 saturated heterocycles. The molecule has 2 aromatic carbocycles. The van der Waals surface area contributed by atoms with E-state index in [1.165, 1.54) is 11.8 Å². The van der Waals surface area contributed by atoms with Crippen LogP contribution in [-0.2, 0) is 17.3 Å². The fourth-order valence-corrected chi connectivity index (χ4v) is 4.12. The summed E-state index contributed by atoms with van der Waals surface area (Å²) in [6.45, 7) is 8.36. The summed E-state index contributed by atoms with van der Waals surface area (Å²) in [5, 5.41) is 17.1. The number of carbonyl (C=O) groups excluding carboxylic acids is 1. The molecule has 0 fully saturated rings. The Morgan fingerprint density at radius 1 is 1.03 bits per heavy atom. The first kappa shape index (κ1) is 22.8. The van der Waals surface area contributed by atoms with E-state index in [4.69, 9.17) is 5.10 Å². The lowest BCUT2D eigenvalue weighted by atomic mass is 9.92. The van der Waals surface area contributed by atoms with Gasteiger partial charge in [-0.3, -0.25) is 4.79 Å². The van der Waals surface area contributed by atoms with Gasteiger partial charge in [-0.25, -0.2) is 4.68 Å². The van der Waals surface area contributed by atoms with Crippen molar-refractivity contribution in [3.8, 4) is 17.1 Å². The maximum absolute atomic E-state index is 12.8. The summed E-state index contributed by atoms with van der Waals surface area (Å²) in [7, 11) is 1.92. The third-order valence-corrected chi connectivity index (χ3v) is 6.32. The second kappa shape index (κ2) is 9.23. The van der Waals surface area contributed by atoms with Gasteiger partial charge in [0.2, 0.25) is 5.91 Å². The number of anilines is 1. The van der Waals surface area contributed by atoms with E-state index in [0.29, 0.717) is 11.0 Å². The molecular formula is C25H28N6OS. The van der Waals surface area contributed by atoms with Crippen LogP contribution in [0.1, 0.15) is 32.0 Å². The molecule has 0 aliphatic carbocycles. The number of nitrogens with zero attached hydrogens (tertiary/aromatic N) is 5. The van der Waals surface area contributed by atoms with Gasteiger partial charge in [0.1, 0.15) is 5.82 Å². The summed E-state index contributed by atoms with van der Waals surface area (Å²) in [5.41, 5.74) is 3.83. The molecular weight excluding hydrogens is 432 g/mol. The van der Waals surface area contributed by atoms with Crippen molar-refractivity contribution < 1.29 is 4.79 Å². The summed E-state index contributed by atoms with van der Waals surface area (Å²) in [6.07, 6.45) is 0. The number of para-hydroxylation sites is 1. The molecule has 1 amide bonds. The Morgan fingerprint density at radius 3 is 2.42 bits per heavy atom. The third kappa shape index (κ3) is 5.01. The standard InChI is InChI=1S/C25H28N6OS/c1-17-11-9-10-14-19(17)23-27-28-24(30(23)5)33-16-22(32)26-21-15-20(25(2,3)4)29-31(21)18-12-7-6-8-13-18/h6-15H,16H2,1-5H3,(H,26,32). The predicted octanol–water partition coefficient (Wildman–Crippen LogP) is 5.00. The zero-order valence-electron chi connectivity index (χ0n) is 19.5. The smallest absolute Gasteiger partial charge is 0.236 e. The average Bonchev–Trinajstić information content (AvgIpc) is 3.37. The molecule has 0 aliphatic rings. The van der Waals surface area contributed by atoms with Gasteiger partial charge in [-0.2, -0.15) is 5.10 Å². The lowest BCUT2D eigenvalue weighted by Crippen LogP contribution is -2.17. The van der Waals surface area contributed by atoms with Gasteiger partial charge in [0.05, 0.1) is 17.1 Å². The molecule has 2 heterocycles. The van der Waals surface area contributed by atoms with E-state index >= 15 is 0 Å². The van der Waals surface area contributed by atoms with E-state index < -0.39 is 0 Å². The van der Waals surface area contributed by atoms with Crippen LogP contribution in [-0.4, -0.2) is 36.2 Å². The Hall–Kier alpha value is -3.39. The van der Waals surface area contributed by atoms with Gasteiger partial charge >= 0.3 is 0 Å². The van der Waals surface area contributed by atoms with Crippen LogP contribution in [0.3, 0.4) is 0 Å². The van der Waals surface area contributed by atoms with E-state index in [1.54, 1.807) is 4.68 Å². The molecule has 0 saturated carbocycles. The van der Waals surface area contributed by atoms with Gasteiger partial charge in [0, 0.05) is 24.1 Å². The van der Waals surface area contributed by atoms with Crippen LogP contribution in [0.25, 0.3) is 17.1 Å².